The molecule has 1 unspecified atom stereocenters. The molecule has 1 aliphatic rings. The second-order valence-electron chi connectivity index (χ2n) is 16.3. The van der Waals surface area contributed by atoms with Crippen LogP contribution in [0.3, 0.4) is 0 Å². The van der Waals surface area contributed by atoms with Gasteiger partial charge in [0.25, 0.3) is 0 Å². The molecule has 4 nitrogen and oxygen atoms in total. The number of nitrogens with zero attached hydrogens (tertiary/aromatic N) is 3. The first-order chi connectivity index (χ1) is 30.7. The van der Waals surface area contributed by atoms with E-state index < -0.39 is 0 Å². The molecule has 0 spiro atoms. The molecule has 13 rings (SSSR count). The molecular weight excluding hydrogens is 775 g/mol. The maximum absolute atomic E-state index is 6.62. The maximum Gasteiger partial charge on any atom is 0.163 e. The van der Waals surface area contributed by atoms with Crippen LogP contribution in [0, 0.1) is 0 Å². The summed E-state index contributed by atoms with van der Waals surface area (Å²) in [6, 6.07) is 65.1. The molecule has 3 heterocycles. The van der Waals surface area contributed by atoms with E-state index in [-0.39, 0.29) is 5.92 Å². The highest BCUT2D eigenvalue weighted by Gasteiger charge is 2.23. The first-order valence-corrected chi connectivity index (χ1v) is 21.9. The molecule has 290 valence electrons. The first kappa shape index (κ1) is 35.1. The van der Waals surface area contributed by atoms with Crippen LogP contribution in [0.2, 0.25) is 0 Å². The molecule has 1 atom stereocenters. The summed E-state index contributed by atoms with van der Waals surface area (Å²) >= 11 is 1.85. The van der Waals surface area contributed by atoms with E-state index >= 15 is 0 Å². The van der Waals surface area contributed by atoms with E-state index in [1.165, 1.54) is 58.4 Å². The lowest BCUT2D eigenvalue weighted by atomic mass is 9.86. The Morgan fingerprint density at radius 2 is 1.15 bits per heavy atom. The lowest BCUT2D eigenvalue weighted by molar-refractivity contribution is 0.669. The summed E-state index contributed by atoms with van der Waals surface area (Å²) in [5.41, 5.74) is 10.8. The average Bonchev–Trinajstić information content (AvgIpc) is 3.91. The smallest absolute Gasteiger partial charge is 0.163 e. The number of benzene rings is 9. The van der Waals surface area contributed by atoms with Crippen molar-refractivity contribution < 1.29 is 4.42 Å². The summed E-state index contributed by atoms with van der Waals surface area (Å²) < 4.78 is 9.22. The van der Waals surface area contributed by atoms with Crippen molar-refractivity contribution in [2.24, 2.45) is 0 Å². The van der Waals surface area contributed by atoms with Crippen LogP contribution in [0.1, 0.15) is 22.9 Å². The summed E-state index contributed by atoms with van der Waals surface area (Å²) in [4.78, 5) is 15.6. The molecule has 62 heavy (non-hydrogen) atoms. The van der Waals surface area contributed by atoms with Gasteiger partial charge < -0.3 is 4.42 Å². The Balaban J connectivity index is 0.927. The van der Waals surface area contributed by atoms with Crippen LogP contribution in [0.15, 0.2) is 192 Å². The van der Waals surface area contributed by atoms with Crippen LogP contribution >= 0.6 is 11.3 Å². The van der Waals surface area contributed by atoms with Gasteiger partial charge in [-0.1, -0.05) is 152 Å². The summed E-state index contributed by atoms with van der Waals surface area (Å²) in [5.74, 6) is 2.07. The largest absolute Gasteiger partial charge is 0.456 e. The van der Waals surface area contributed by atoms with Crippen molar-refractivity contribution in [3.8, 4) is 45.0 Å². The predicted molar refractivity (Wildman–Crippen MR) is 259 cm³/mol. The SMILES string of the molecule is C1=CC(c2nc(-c3ccccc3)nc(-c3ccc4ccc5ccccc5c4c3)n2)Cc2cc(-c3cc(-c4ccc5sc6ccccc6c5c4)cc4oc5ccccc5c34)ccc21. The van der Waals surface area contributed by atoms with Gasteiger partial charge in [-0.25, -0.2) is 15.0 Å². The summed E-state index contributed by atoms with van der Waals surface area (Å²) in [7, 11) is 0. The zero-order valence-corrected chi connectivity index (χ0v) is 34.2. The van der Waals surface area contributed by atoms with E-state index in [0.717, 1.165) is 62.0 Å². The molecule has 0 aliphatic heterocycles. The van der Waals surface area contributed by atoms with Gasteiger partial charge in [-0.2, -0.15) is 0 Å². The number of furan rings is 1. The Morgan fingerprint density at radius 1 is 0.452 bits per heavy atom. The minimum absolute atomic E-state index is 0.0449. The van der Waals surface area contributed by atoms with Gasteiger partial charge in [0.15, 0.2) is 11.6 Å². The van der Waals surface area contributed by atoms with Gasteiger partial charge in [-0.3, -0.25) is 0 Å². The fourth-order valence-corrected chi connectivity index (χ4v) is 10.6. The number of allylic oxidation sites excluding steroid dienone is 1. The normalized spacial score (nSPS) is 13.8. The summed E-state index contributed by atoms with van der Waals surface area (Å²) in [6.07, 6.45) is 5.26. The van der Waals surface area contributed by atoms with Crippen molar-refractivity contribution in [2.45, 2.75) is 12.3 Å². The van der Waals surface area contributed by atoms with Gasteiger partial charge >= 0.3 is 0 Å². The Morgan fingerprint density at radius 3 is 2.05 bits per heavy atom. The van der Waals surface area contributed by atoms with Crippen LogP contribution in [0.5, 0.6) is 0 Å². The van der Waals surface area contributed by atoms with E-state index in [9.17, 15) is 0 Å². The van der Waals surface area contributed by atoms with Crippen LogP contribution in [0.25, 0.3) is 115 Å². The van der Waals surface area contributed by atoms with Crippen LogP contribution in [0.4, 0.5) is 0 Å². The molecule has 1 aliphatic carbocycles. The van der Waals surface area contributed by atoms with Crippen molar-refractivity contribution in [3.63, 3.8) is 0 Å². The number of rotatable bonds is 5. The van der Waals surface area contributed by atoms with Gasteiger partial charge in [-0.05, 0) is 104 Å². The Hall–Kier alpha value is -7.73. The number of thiophene rings is 1. The molecule has 12 aromatic rings. The molecule has 0 N–H and O–H groups in total. The highest BCUT2D eigenvalue weighted by atomic mass is 32.1. The van der Waals surface area contributed by atoms with Gasteiger partial charge in [0, 0.05) is 48.0 Å². The lowest BCUT2D eigenvalue weighted by Gasteiger charge is -2.21. The fraction of sp³-hybridized carbons (Fsp3) is 0.0351. The third kappa shape index (κ3) is 5.77. The van der Waals surface area contributed by atoms with Gasteiger partial charge in [0.05, 0.1) is 0 Å². The molecule has 0 amide bonds. The average molecular weight is 810 g/mol. The topological polar surface area (TPSA) is 51.8 Å². The summed E-state index contributed by atoms with van der Waals surface area (Å²) in [5, 5.41) is 9.64. The van der Waals surface area contributed by atoms with Crippen molar-refractivity contribution >= 4 is 81.1 Å². The van der Waals surface area contributed by atoms with Crippen LogP contribution in [-0.2, 0) is 6.42 Å². The molecule has 0 bridgehead atoms. The van der Waals surface area contributed by atoms with E-state index in [0.29, 0.717) is 11.6 Å². The Bertz CT molecular complexity index is 3800. The van der Waals surface area contributed by atoms with Crippen molar-refractivity contribution in [1.29, 1.82) is 0 Å². The Kier molecular flexibility index (Phi) is 7.87. The first-order valence-electron chi connectivity index (χ1n) is 21.1. The molecular formula is C57H35N3OS. The summed E-state index contributed by atoms with van der Waals surface area (Å²) in [6.45, 7) is 0. The van der Waals surface area contributed by atoms with Gasteiger partial charge in [0.1, 0.15) is 17.0 Å². The monoisotopic (exact) mass is 809 g/mol. The minimum Gasteiger partial charge on any atom is -0.456 e. The fourth-order valence-electron chi connectivity index (χ4n) is 9.51. The zero-order chi connectivity index (χ0) is 40.7. The van der Waals surface area contributed by atoms with Gasteiger partial charge in [-0.15, -0.1) is 11.3 Å². The standard InChI is InChI=1S/C57H35N3OS/c1-2-11-37(12-3-1)55-58-56(60-57(59-55)41-25-22-36-21-20-35-10-4-5-13-44(35)47(36)31-41)40-24-19-34-18-23-39(28-42(34)29-40)48-32-43(33-51-54(48)46-15-6-8-16-50(46)61-51)38-26-27-53-49(30-38)45-14-7-9-17-52(45)62-53/h1-28,30-33,40H,29H2. The number of hydrogen-bond acceptors (Lipinski definition) is 5. The highest BCUT2D eigenvalue weighted by Crippen LogP contribution is 2.43. The molecule has 0 fully saturated rings. The number of para-hydroxylation sites is 1. The second kappa shape index (κ2) is 13.9. The molecule has 3 aromatic heterocycles. The molecule has 0 saturated carbocycles. The van der Waals surface area contributed by atoms with E-state index in [4.69, 9.17) is 19.4 Å². The van der Waals surface area contributed by atoms with Crippen molar-refractivity contribution in [3.05, 3.63) is 205 Å². The van der Waals surface area contributed by atoms with E-state index in [1.54, 1.807) is 0 Å². The second-order valence-corrected chi connectivity index (χ2v) is 17.4. The van der Waals surface area contributed by atoms with Gasteiger partial charge in [0.2, 0.25) is 0 Å². The number of fused-ring (bicyclic) bond motifs is 10. The number of hydrogen-bond donors (Lipinski definition) is 0. The van der Waals surface area contributed by atoms with E-state index in [2.05, 4.69) is 170 Å². The quantitative estimate of drug-likeness (QED) is 0.163. The van der Waals surface area contributed by atoms with Crippen molar-refractivity contribution in [2.75, 3.05) is 0 Å². The highest BCUT2D eigenvalue weighted by molar-refractivity contribution is 7.25. The lowest BCUT2D eigenvalue weighted by Crippen LogP contribution is -2.12. The number of aromatic nitrogens is 3. The third-order valence-electron chi connectivity index (χ3n) is 12.6. The third-order valence-corrected chi connectivity index (χ3v) is 13.8. The molecule has 0 radical (unpaired) electrons. The van der Waals surface area contributed by atoms with E-state index in [1.807, 2.05) is 35.6 Å². The molecule has 5 heteroatoms. The van der Waals surface area contributed by atoms with Crippen LogP contribution in [-0.4, -0.2) is 15.0 Å². The van der Waals surface area contributed by atoms with Crippen LogP contribution < -0.4 is 0 Å². The predicted octanol–water partition coefficient (Wildman–Crippen LogP) is 15.5. The Labute approximate surface area is 361 Å². The zero-order valence-electron chi connectivity index (χ0n) is 33.4. The molecule has 9 aromatic carbocycles. The maximum atomic E-state index is 6.62. The minimum atomic E-state index is -0.0449. The molecule has 0 saturated heterocycles. The van der Waals surface area contributed by atoms with Crippen molar-refractivity contribution in [1.82, 2.24) is 15.0 Å².